The van der Waals surface area contributed by atoms with E-state index in [1.807, 2.05) is 53.4 Å². The largest absolute Gasteiger partial charge is 0.476 e. The van der Waals surface area contributed by atoms with Crippen molar-refractivity contribution in [2.45, 2.75) is 63.6 Å². The zero-order chi connectivity index (χ0) is 31.3. The van der Waals surface area contributed by atoms with Gasteiger partial charge in [-0.2, -0.15) is 0 Å². The van der Waals surface area contributed by atoms with Gasteiger partial charge in [-0.3, -0.25) is 14.4 Å². The van der Waals surface area contributed by atoms with Crippen LogP contribution in [0.5, 0.6) is 5.75 Å². The molecule has 0 unspecified atom stereocenters. The summed E-state index contributed by atoms with van der Waals surface area (Å²) in [6.07, 6.45) is 3.66. The van der Waals surface area contributed by atoms with Gasteiger partial charge in [0.15, 0.2) is 5.60 Å². The Morgan fingerprint density at radius 3 is 2.50 bits per heavy atom. The molecule has 238 valence electrons. The molecule has 2 heterocycles. The van der Waals surface area contributed by atoms with Gasteiger partial charge < -0.3 is 34.6 Å². The van der Waals surface area contributed by atoms with Crippen LogP contribution in [0.3, 0.4) is 0 Å². The molecule has 2 N–H and O–H groups in total. The molecule has 2 aromatic carbocycles. The molecule has 0 radical (unpaired) electrons. The third kappa shape index (κ3) is 7.25. The Labute approximate surface area is 260 Å². The maximum atomic E-state index is 14.2. The number of fused-ring (bicyclic) bond motifs is 1. The van der Waals surface area contributed by atoms with Crippen molar-refractivity contribution in [3.63, 3.8) is 0 Å². The molecule has 3 amide bonds. The summed E-state index contributed by atoms with van der Waals surface area (Å²) in [5.41, 5.74) is 1.46. The molecular weight excluding hydrogens is 560 g/mol. The number of hydrogen-bond donors (Lipinski definition) is 2. The highest BCUT2D eigenvalue weighted by Crippen LogP contribution is 2.43. The van der Waals surface area contributed by atoms with Gasteiger partial charge in [-0.15, -0.1) is 0 Å². The van der Waals surface area contributed by atoms with Crippen LogP contribution in [0, 0.1) is 11.8 Å². The lowest BCUT2D eigenvalue weighted by Gasteiger charge is -2.40. The fraction of sp³-hybridized carbons (Fsp3) is 0.559. The molecule has 10 nitrogen and oxygen atoms in total. The molecule has 5 rings (SSSR count). The van der Waals surface area contributed by atoms with E-state index in [1.54, 1.807) is 33.0 Å². The van der Waals surface area contributed by atoms with Gasteiger partial charge in [0, 0.05) is 58.8 Å². The minimum atomic E-state index is -0.986. The van der Waals surface area contributed by atoms with Crippen LogP contribution >= 0.6 is 0 Å². The Morgan fingerprint density at radius 1 is 1.07 bits per heavy atom. The van der Waals surface area contributed by atoms with Gasteiger partial charge in [0.1, 0.15) is 5.75 Å². The number of carbonyl (C=O) groups excluding carboxylic acids is 3. The number of methoxy groups -OCH3 is 2. The van der Waals surface area contributed by atoms with Crippen molar-refractivity contribution < 1.29 is 28.6 Å². The van der Waals surface area contributed by atoms with E-state index in [4.69, 9.17) is 14.2 Å². The summed E-state index contributed by atoms with van der Waals surface area (Å²) in [4.78, 5) is 44.7. The average Bonchev–Trinajstić information content (AvgIpc) is 3.87. The van der Waals surface area contributed by atoms with Crippen molar-refractivity contribution in [2.24, 2.45) is 11.8 Å². The monoisotopic (exact) mass is 606 g/mol. The highest BCUT2D eigenvalue weighted by Gasteiger charge is 2.43. The highest BCUT2D eigenvalue weighted by molar-refractivity contribution is 6.04. The normalized spacial score (nSPS) is 21.6. The summed E-state index contributed by atoms with van der Waals surface area (Å²) in [5.74, 6) is -0.230. The number of piperidine rings is 1. The fourth-order valence-electron chi connectivity index (χ4n) is 6.20. The van der Waals surface area contributed by atoms with Crippen molar-refractivity contribution in [3.05, 3.63) is 54.1 Å². The second-order valence-corrected chi connectivity index (χ2v) is 12.5. The van der Waals surface area contributed by atoms with Crippen molar-refractivity contribution >= 4 is 29.1 Å². The predicted octanol–water partition coefficient (Wildman–Crippen LogP) is 3.84. The first kappa shape index (κ1) is 31.9. The third-order valence-electron chi connectivity index (χ3n) is 8.72. The second-order valence-electron chi connectivity index (χ2n) is 12.5. The lowest BCUT2D eigenvalue weighted by atomic mass is 9.88. The molecule has 1 saturated heterocycles. The molecule has 2 aromatic rings. The molecule has 1 aliphatic carbocycles. The Morgan fingerprint density at radius 2 is 1.80 bits per heavy atom. The summed E-state index contributed by atoms with van der Waals surface area (Å²) in [6.45, 7) is 6.14. The summed E-state index contributed by atoms with van der Waals surface area (Å²) < 4.78 is 16.6. The van der Waals surface area contributed by atoms with Gasteiger partial charge in [-0.1, -0.05) is 30.3 Å². The van der Waals surface area contributed by atoms with Crippen LogP contribution in [-0.2, 0) is 23.9 Å². The van der Waals surface area contributed by atoms with E-state index in [9.17, 15) is 14.4 Å². The SMILES string of the molecule is COCCCN1C(=O)C(C)(C)Oc2ccc(N(C(=O)[C@H]3CNC[C@@H](C(=O)N[C@@H](CCOC)c4ccccc4)C3)C3CC3)cc21. The van der Waals surface area contributed by atoms with E-state index < -0.39 is 5.60 Å². The number of benzene rings is 2. The lowest BCUT2D eigenvalue weighted by Crippen LogP contribution is -2.53. The number of ether oxygens (including phenoxy) is 3. The standard InChI is InChI=1S/C34H46N4O6/c1-34(2)33(41)37(16-8-17-42-3)29-20-27(13-14-30(29)44-34)38(26-11-12-26)32(40)25-19-24(21-35-22-25)31(39)36-28(15-18-43-4)23-9-6-5-7-10-23/h5-7,9-10,13-14,20,24-26,28,35H,8,11-12,15-19,21-22H2,1-4H3,(H,36,39)/t24-,25+,28-/m0/s1. The van der Waals surface area contributed by atoms with Gasteiger partial charge >= 0.3 is 0 Å². The average molecular weight is 607 g/mol. The zero-order valence-corrected chi connectivity index (χ0v) is 26.3. The maximum absolute atomic E-state index is 14.2. The molecular formula is C34H46N4O6. The number of hydrogen-bond acceptors (Lipinski definition) is 7. The van der Waals surface area contributed by atoms with Gasteiger partial charge in [0.05, 0.1) is 23.6 Å². The molecule has 10 heteroatoms. The van der Waals surface area contributed by atoms with E-state index in [-0.39, 0.29) is 41.6 Å². The second kappa shape index (κ2) is 14.1. The Bertz CT molecular complexity index is 1310. The predicted molar refractivity (Wildman–Crippen MR) is 169 cm³/mol. The van der Waals surface area contributed by atoms with E-state index >= 15 is 0 Å². The molecule has 0 aromatic heterocycles. The van der Waals surface area contributed by atoms with Gasteiger partial charge in [-0.25, -0.2) is 0 Å². The van der Waals surface area contributed by atoms with Crippen LogP contribution in [0.4, 0.5) is 11.4 Å². The van der Waals surface area contributed by atoms with E-state index in [0.29, 0.717) is 63.5 Å². The first-order valence-electron chi connectivity index (χ1n) is 15.8. The number of carbonyl (C=O) groups is 3. The number of rotatable bonds is 13. The Kier molecular flexibility index (Phi) is 10.2. The summed E-state index contributed by atoms with van der Waals surface area (Å²) in [5, 5.41) is 6.57. The van der Waals surface area contributed by atoms with E-state index in [1.165, 1.54) is 0 Å². The number of amides is 3. The van der Waals surface area contributed by atoms with Gasteiger partial charge in [0.25, 0.3) is 5.91 Å². The Balaban J connectivity index is 1.32. The highest BCUT2D eigenvalue weighted by atomic mass is 16.5. The molecule has 3 aliphatic rings. The van der Waals surface area contributed by atoms with Crippen LogP contribution in [0.1, 0.15) is 57.6 Å². The fourth-order valence-corrected chi connectivity index (χ4v) is 6.20. The van der Waals surface area contributed by atoms with Crippen LogP contribution < -0.4 is 25.2 Å². The smallest absolute Gasteiger partial charge is 0.270 e. The van der Waals surface area contributed by atoms with Crippen LogP contribution in [0.2, 0.25) is 0 Å². The van der Waals surface area contributed by atoms with Crippen molar-refractivity contribution in [2.75, 3.05) is 56.9 Å². The zero-order valence-electron chi connectivity index (χ0n) is 26.3. The molecule has 0 spiro atoms. The third-order valence-corrected chi connectivity index (χ3v) is 8.72. The number of anilines is 2. The molecule has 2 fully saturated rings. The minimum absolute atomic E-state index is 0.00533. The first-order chi connectivity index (χ1) is 21.2. The lowest BCUT2D eigenvalue weighted by molar-refractivity contribution is -0.132. The van der Waals surface area contributed by atoms with E-state index in [2.05, 4.69) is 10.6 Å². The molecule has 44 heavy (non-hydrogen) atoms. The molecule has 0 bridgehead atoms. The van der Waals surface area contributed by atoms with Crippen molar-refractivity contribution in [1.29, 1.82) is 0 Å². The van der Waals surface area contributed by atoms with Crippen molar-refractivity contribution in [1.82, 2.24) is 10.6 Å². The van der Waals surface area contributed by atoms with Gasteiger partial charge in [-0.05, 0) is 69.7 Å². The maximum Gasteiger partial charge on any atom is 0.270 e. The summed E-state index contributed by atoms with van der Waals surface area (Å²) in [7, 11) is 3.30. The summed E-state index contributed by atoms with van der Waals surface area (Å²) >= 11 is 0. The first-order valence-corrected chi connectivity index (χ1v) is 15.8. The van der Waals surface area contributed by atoms with Gasteiger partial charge in [0.2, 0.25) is 11.8 Å². The van der Waals surface area contributed by atoms with Crippen LogP contribution in [-0.4, -0.2) is 76.4 Å². The number of nitrogens with one attached hydrogen (secondary N) is 2. The van der Waals surface area contributed by atoms with E-state index in [0.717, 1.165) is 24.1 Å². The molecule has 1 saturated carbocycles. The molecule has 3 atom stereocenters. The van der Waals surface area contributed by atoms with Crippen molar-refractivity contribution in [3.8, 4) is 5.75 Å². The van der Waals surface area contributed by atoms with Crippen LogP contribution in [0.25, 0.3) is 0 Å². The number of nitrogens with zero attached hydrogens (tertiary/aromatic N) is 2. The topological polar surface area (TPSA) is 109 Å². The Hall–Kier alpha value is -3.47. The summed E-state index contributed by atoms with van der Waals surface area (Å²) in [6, 6.07) is 15.5. The quantitative estimate of drug-likeness (QED) is 0.334. The minimum Gasteiger partial charge on any atom is -0.476 e. The van der Waals surface area contributed by atoms with Crippen LogP contribution in [0.15, 0.2) is 48.5 Å². The molecule has 2 aliphatic heterocycles.